The highest BCUT2D eigenvalue weighted by Gasteiger charge is 2.11. The largest absolute Gasteiger partial charge is 0.493 e. The molecule has 0 aliphatic heterocycles. The fraction of sp³-hybridized carbons (Fsp3) is 0.250. The number of benzene rings is 2. The Hall–Kier alpha value is -3.92. The van der Waals surface area contributed by atoms with Gasteiger partial charge < -0.3 is 24.1 Å². The number of methoxy groups -OCH3 is 1. The highest BCUT2D eigenvalue weighted by atomic mass is 16.5. The van der Waals surface area contributed by atoms with Gasteiger partial charge in [-0.25, -0.2) is 0 Å². The first-order valence-corrected chi connectivity index (χ1v) is 9.67. The first-order chi connectivity index (χ1) is 15.0. The zero-order chi connectivity index (χ0) is 22.2. The van der Waals surface area contributed by atoms with Gasteiger partial charge in [-0.15, -0.1) is 6.42 Å². The summed E-state index contributed by atoms with van der Waals surface area (Å²) < 4.78 is 21.7. The first kappa shape index (κ1) is 21.8. The Balaban J connectivity index is 1.56. The minimum absolute atomic E-state index is 0.136. The van der Waals surface area contributed by atoms with Crippen molar-refractivity contribution in [2.75, 3.05) is 13.7 Å². The Labute approximate surface area is 181 Å². The van der Waals surface area contributed by atoms with Crippen molar-refractivity contribution in [3.8, 4) is 29.6 Å². The van der Waals surface area contributed by atoms with Crippen molar-refractivity contribution >= 4 is 5.91 Å². The van der Waals surface area contributed by atoms with Gasteiger partial charge in [-0.05, 0) is 55.8 Å². The van der Waals surface area contributed by atoms with Gasteiger partial charge in [-0.2, -0.15) is 0 Å². The minimum atomic E-state index is -0.195. The Morgan fingerprint density at radius 1 is 1.13 bits per heavy atom. The number of aromatic nitrogens is 1. The summed E-state index contributed by atoms with van der Waals surface area (Å²) in [6.07, 6.45) is 5.25. The lowest BCUT2D eigenvalue weighted by Gasteiger charge is -2.12. The molecule has 0 saturated heterocycles. The first-order valence-electron chi connectivity index (χ1n) is 9.67. The third kappa shape index (κ3) is 5.58. The van der Waals surface area contributed by atoms with E-state index in [0.717, 1.165) is 22.6 Å². The molecule has 1 amide bonds. The van der Waals surface area contributed by atoms with Crippen LogP contribution in [0.4, 0.5) is 0 Å². The number of hydrogen-bond donors (Lipinski definition) is 1. The Kier molecular flexibility index (Phi) is 7.17. The molecule has 0 aliphatic rings. The van der Waals surface area contributed by atoms with Crippen LogP contribution in [0.1, 0.15) is 32.9 Å². The van der Waals surface area contributed by atoms with Gasteiger partial charge in [0.1, 0.15) is 24.7 Å². The molecule has 0 fully saturated rings. The van der Waals surface area contributed by atoms with Gasteiger partial charge in [-0.3, -0.25) is 4.79 Å². The number of rotatable bonds is 9. The summed E-state index contributed by atoms with van der Waals surface area (Å²) in [5.74, 6) is 4.73. The van der Waals surface area contributed by atoms with E-state index in [1.807, 2.05) is 19.9 Å². The molecular formula is C24H24N2O5. The molecule has 2 aromatic carbocycles. The molecular weight excluding hydrogens is 396 g/mol. The zero-order valence-electron chi connectivity index (χ0n) is 17.7. The molecule has 160 valence electrons. The van der Waals surface area contributed by atoms with Crippen molar-refractivity contribution in [1.29, 1.82) is 0 Å². The number of nitrogens with zero attached hydrogens (tertiary/aromatic N) is 1. The summed E-state index contributed by atoms with van der Waals surface area (Å²) in [5, 5.41) is 6.80. The van der Waals surface area contributed by atoms with Crippen LogP contribution in [0.2, 0.25) is 0 Å². The maximum Gasteiger partial charge on any atom is 0.251 e. The fourth-order valence-electron chi connectivity index (χ4n) is 2.91. The molecule has 1 N–H and O–H groups in total. The molecule has 0 unspecified atom stereocenters. The van der Waals surface area contributed by atoms with E-state index in [4.69, 9.17) is 25.2 Å². The molecule has 7 heteroatoms. The van der Waals surface area contributed by atoms with Gasteiger partial charge >= 0.3 is 0 Å². The van der Waals surface area contributed by atoms with Crippen LogP contribution in [-0.4, -0.2) is 24.8 Å². The van der Waals surface area contributed by atoms with Crippen molar-refractivity contribution in [3.63, 3.8) is 0 Å². The topological polar surface area (TPSA) is 82.8 Å². The van der Waals surface area contributed by atoms with Crippen LogP contribution in [0.15, 0.2) is 47.0 Å². The van der Waals surface area contributed by atoms with Crippen molar-refractivity contribution in [2.45, 2.75) is 27.0 Å². The van der Waals surface area contributed by atoms with E-state index < -0.39 is 0 Å². The molecule has 0 radical (unpaired) electrons. The molecule has 0 spiro atoms. The van der Waals surface area contributed by atoms with E-state index in [1.54, 1.807) is 43.5 Å². The molecule has 0 saturated carbocycles. The van der Waals surface area contributed by atoms with E-state index in [-0.39, 0.29) is 12.5 Å². The molecule has 1 aromatic heterocycles. The van der Waals surface area contributed by atoms with Gasteiger partial charge in [0.25, 0.3) is 5.91 Å². The second kappa shape index (κ2) is 10.2. The Bertz CT molecular complexity index is 1060. The van der Waals surface area contributed by atoms with Gasteiger partial charge in [-0.1, -0.05) is 17.1 Å². The number of carbonyl (C=O) groups excluding carboxylic acids is 1. The highest BCUT2D eigenvalue weighted by molar-refractivity contribution is 5.94. The number of ether oxygens (including phenoxy) is 3. The van der Waals surface area contributed by atoms with E-state index in [2.05, 4.69) is 16.4 Å². The lowest BCUT2D eigenvalue weighted by atomic mass is 10.1. The van der Waals surface area contributed by atoms with E-state index in [9.17, 15) is 4.79 Å². The molecule has 31 heavy (non-hydrogen) atoms. The molecule has 3 rings (SSSR count). The van der Waals surface area contributed by atoms with Crippen LogP contribution in [0.5, 0.6) is 17.2 Å². The number of nitrogens with one attached hydrogen (secondary N) is 1. The quantitative estimate of drug-likeness (QED) is 0.530. The molecule has 3 aromatic rings. The minimum Gasteiger partial charge on any atom is -0.493 e. The molecule has 0 aliphatic carbocycles. The number of amides is 1. The average Bonchev–Trinajstić information content (AvgIpc) is 3.12. The van der Waals surface area contributed by atoms with E-state index >= 15 is 0 Å². The summed E-state index contributed by atoms with van der Waals surface area (Å²) in [6, 6.07) is 12.4. The average molecular weight is 420 g/mol. The third-order valence-corrected chi connectivity index (χ3v) is 4.67. The van der Waals surface area contributed by atoms with E-state index in [1.165, 1.54) is 0 Å². The summed E-state index contributed by atoms with van der Waals surface area (Å²) in [4.78, 5) is 12.5. The summed E-state index contributed by atoms with van der Waals surface area (Å²) in [6.45, 7) is 4.54. The SMILES string of the molecule is C#CCOc1cc(CNC(=O)c2ccc(OCc3c(C)noc3C)cc2)ccc1OC. The van der Waals surface area contributed by atoms with Crippen LogP contribution in [-0.2, 0) is 13.2 Å². The molecule has 1 heterocycles. The maximum atomic E-state index is 12.5. The van der Waals surface area contributed by atoms with Crippen molar-refractivity contribution in [2.24, 2.45) is 0 Å². The molecule has 7 nitrogen and oxygen atoms in total. The van der Waals surface area contributed by atoms with Crippen LogP contribution in [0, 0.1) is 26.2 Å². The maximum absolute atomic E-state index is 12.5. The van der Waals surface area contributed by atoms with Crippen LogP contribution < -0.4 is 19.5 Å². The van der Waals surface area contributed by atoms with Crippen molar-refractivity contribution < 1.29 is 23.5 Å². The smallest absolute Gasteiger partial charge is 0.251 e. The predicted octanol–water partition coefficient (Wildman–Crippen LogP) is 3.82. The lowest BCUT2D eigenvalue weighted by molar-refractivity contribution is 0.0951. The Morgan fingerprint density at radius 2 is 1.90 bits per heavy atom. The number of hydrogen-bond acceptors (Lipinski definition) is 6. The monoisotopic (exact) mass is 420 g/mol. The second-order valence-electron chi connectivity index (χ2n) is 6.78. The third-order valence-electron chi connectivity index (χ3n) is 4.67. The van der Waals surface area contributed by atoms with Crippen LogP contribution >= 0.6 is 0 Å². The number of carbonyl (C=O) groups is 1. The number of aryl methyl sites for hydroxylation is 2. The predicted molar refractivity (Wildman–Crippen MR) is 115 cm³/mol. The van der Waals surface area contributed by atoms with E-state index in [0.29, 0.717) is 36.0 Å². The van der Waals surface area contributed by atoms with Gasteiger partial charge in [0, 0.05) is 12.1 Å². The van der Waals surface area contributed by atoms with Gasteiger partial charge in [0.2, 0.25) is 0 Å². The normalized spacial score (nSPS) is 10.3. The van der Waals surface area contributed by atoms with Crippen molar-refractivity contribution in [3.05, 3.63) is 70.6 Å². The highest BCUT2D eigenvalue weighted by Crippen LogP contribution is 2.28. The lowest BCUT2D eigenvalue weighted by Crippen LogP contribution is -2.22. The molecule has 0 atom stereocenters. The zero-order valence-corrected chi connectivity index (χ0v) is 17.7. The Morgan fingerprint density at radius 3 is 2.55 bits per heavy atom. The van der Waals surface area contributed by atoms with Gasteiger partial charge in [0.05, 0.1) is 18.4 Å². The van der Waals surface area contributed by atoms with Crippen LogP contribution in [0.3, 0.4) is 0 Å². The van der Waals surface area contributed by atoms with Crippen molar-refractivity contribution in [1.82, 2.24) is 10.5 Å². The second-order valence-corrected chi connectivity index (χ2v) is 6.78. The fourth-order valence-corrected chi connectivity index (χ4v) is 2.91. The summed E-state index contributed by atoms with van der Waals surface area (Å²) in [5.41, 5.74) is 3.12. The van der Waals surface area contributed by atoms with Gasteiger partial charge in [0.15, 0.2) is 11.5 Å². The standard InChI is InChI=1S/C24H24N2O5/c1-5-12-29-23-13-18(6-11-22(23)28-4)14-25-24(27)19-7-9-20(10-8-19)30-15-21-16(2)26-31-17(21)3/h1,6-11,13H,12,14-15H2,2-4H3,(H,25,27). The summed E-state index contributed by atoms with van der Waals surface area (Å²) in [7, 11) is 1.56. The number of terminal acetylenes is 1. The summed E-state index contributed by atoms with van der Waals surface area (Å²) >= 11 is 0. The molecule has 0 bridgehead atoms. The van der Waals surface area contributed by atoms with Crippen LogP contribution in [0.25, 0.3) is 0 Å².